The molecule has 1 N–H and O–H groups in total. The van der Waals surface area contributed by atoms with Gasteiger partial charge in [0, 0.05) is 12.7 Å². The van der Waals surface area contributed by atoms with Crippen LogP contribution in [-0.2, 0) is 24.8 Å². The molecule has 10 heteroatoms. The Morgan fingerprint density at radius 1 is 0.967 bits per heavy atom. The molecule has 2 aromatic carbocycles. The molecule has 0 saturated carbocycles. The average molecular weight is 454 g/mol. The fourth-order valence-electron chi connectivity index (χ4n) is 2.96. The second-order valence-electron chi connectivity index (χ2n) is 7.29. The van der Waals surface area contributed by atoms with Crippen LogP contribution in [-0.4, -0.2) is 48.3 Å². The predicted octanol–water partition coefficient (Wildman–Crippen LogP) is 2.49. The summed E-state index contributed by atoms with van der Waals surface area (Å²) >= 11 is 0. The zero-order valence-electron chi connectivity index (χ0n) is 17.9. The summed E-state index contributed by atoms with van der Waals surface area (Å²) in [6.45, 7) is 5.13. The molecule has 0 aromatic heterocycles. The largest absolute Gasteiger partial charge is 0.324 e. The summed E-state index contributed by atoms with van der Waals surface area (Å²) in [6, 6.07) is 10.7. The van der Waals surface area contributed by atoms with Crippen LogP contribution in [0.5, 0.6) is 0 Å². The van der Waals surface area contributed by atoms with Crippen LogP contribution in [0.4, 0.5) is 17.1 Å². The Balaban J connectivity index is 2.36. The Bertz CT molecular complexity index is 1160. The Morgan fingerprint density at radius 2 is 1.60 bits per heavy atom. The third kappa shape index (κ3) is 5.51. The number of rotatable bonds is 7. The number of hydrogen-bond acceptors (Lipinski definition) is 5. The van der Waals surface area contributed by atoms with E-state index >= 15 is 0 Å². The van der Waals surface area contributed by atoms with Crippen molar-refractivity contribution >= 4 is 43.0 Å². The summed E-state index contributed by atoms with van der Waals surface area (Å²) in [7, 11) is -5.80. The van der Waals surface area contributed by atoms with E-state index in [-0.39, 0.29) is 0 Å². The number of nitrogens with one attached hydrogen (secondary N) is 1. The molecular weight excluding hydrogens is 426 g/mol. The van der Waals surface area contributed by atoms with E-state index in [4.69, 9.17) is 0 Å². The van der Waals surface area contributed by atoms with E-state index in [1.807, 2.05) is 13.0 Å². The molecular formula is C20H27N3O5S2. The minimum atomic E-state index is -3.75. The zero-order chi connectivity index (χ0) is 22.9. The standard InChI is InChI=1S/C20H27N3O5S2/c1-14-10-11-15(2)19(12-14)23(30(6,27)28)16(3)20(24)21-17-8-7-9-18(13-17)22(4)29(5,25)26/h7-13,16H,1-6H3,(H,21,24)/t16-/m0/s1. The molecule has 0 aliphatic carbocycles. The van der Waals surface area contributed by atoms with Crippen molar-refractivity contribution in [2.24, 2.45) is 0 Å². The average Bonchev–Trinajstić information content (AvgIpc) is 2.62. The molecule has 0 saturated heterocycles. The lowest BCUT2D eigenvalue weighted by Crippen LogP contribution is -2.45. The van der Waals surface area contributed by atoms with Crippen LogP contribution in [0.2, 0.25) is 0 Å². The lowest BCUT2D eigenvalue weighted by molar-refractivity contribution is -0.116. The van der Waals surface area contributed by atoms with Gasteiger partial charge in [0.15, 0.2) is 0 Å². The third-order valence-corrected chi connectivity index (χ3v) is 7.10. The van der Waals surface area contributed by atoms with Gasteiger partial charge in [0.2, 0.25) is 26.0 Å². The Kier molecular flexibility index (Phi) is 6.83. The monoisotopic (exact) mass is 453 g/mol. The summed E-state index contributed by atoms with van der Waals surface area (Å²) in [4.78, 5) is 12.9. The van der Waals surface area contributed by atoms with E-state index in [9.17, 15) is 21.6 Å². The number of carbonyl (C=O) groups is 1. The second-order valence-corrected chi connectivity index (χ2v) is 11.2. The van der Waals surface area contributed by atoms with E-state index in [1.54, 1.807) is 37.3 Å². The number of carbonyl (C=O) groups excluding carboxylic acids is 1. The SMILES string of the molecule is Cc1ccc(C)c(N([C@@H](C)C(=O)Nc2cccc(N(C)S(C)(=O)=O)c2)S(C)(=O)=O)c1. The van der Waals surface area contributed by atoms with Gasteiger partial charge in [-0.1, -0.05) is 18.2 Å². The van der Waals surface area contributed by atoms with Crippen LogP contribution in [0, 0.1) is 13.8 Å². The van der Waals surface area contributed by atoms with Gasteiger partial charge in [0.1, 0.15) is 6.04 Å². The summed E-state index contributed by atoms with van der Waals surface area (Å²) in [5.41, 5.74) is 2.76. The number of aryl methyl sites for hydroxylation is 2. The minimum absolute atomic E-state index is 0.356. The van der Waals surface area contributed by atoms with Gasteiger partial charge in [-0.2, -0.15) is 0 Å². The first kappa shape index (κ1) is 23.7. The van der Waals surface area contributed by atoms with Crippen molar-refractivity contribution in [3.63, 3.8) is 0 Å². The number of benzene rings is 2. The number of hydrogen-bond donors (Lipinski definition) is 1. The number of nitrogens with zero attached hydrogens (tertiary/aromatic N) is 2. The zero-order valence-corrected chi connectivity index (χ0v) is 19.5. The van der Waals surface area contributed by atoms with Crippen LogP contribution in [0.15, 0.2) is 42.5 Å². The fraction of sp³-hybridized carbons (Fsp3) is 0.350. The van der Waals surface area contributed by atoms with Crippen molar-refractivity contribution < 1.29 is 21.6 Å². The smallest absolute Gasteiger partial charge is 0.247 e. The highest BCUT2D eigenvalue weighted by Crippen LogP contribution is 2.27. The minimum Gasteiger partial charge on any atom is -0.324 e. The first-order valence-corrected chi connectivity index (χ1v) is 12.8. The van der Waals surface area contributed by atoms with Gasteiger partial charge in [0.25, 0.3) is 0 Å². The van der Waals surface area contributed by atoms with Crippen molar-refractivity contribution in [1.29, 1.82) is 0 Å². The Labute approximate surface area is 178 Å². The topological polar surface area (TPSA) is 104 Å². The molecule has 164 valence electrons. The first-order chi connectivity index (χ1) is 13.7. The molecule has 0 unspecified atom stereocenters. The molecule has 0 aliphatic rings. The third-order valence-electron chi connectivity index (χ3n) is 4.67. The van der Waals surface area contributed by atoms with Crippen molar-refractivity contribution in [2.45, 2.75) is 26.8 Å². The highest BCUT2D eigenvalue weighted by atomic mass is 32.2. The number of anilines is 3. The molecule has 0 fully saturated rings. The van der Waals surface area contributed by atoms with E-state index in [2.05, 4.69) is 5.32 Å². The summed E-state index contributed by atoms with van der Waals surface area (Å²) < 4.78 is 50.7. The Morgan fingerprint density at radius 3 is 2.17 bits per heavy atom. The predicted molar refractivity (Wildman–Crippen MR) is 121 cm³/mol. The first-order valence-electron chi connectivity index (χ1n) is 9.13. The molecule has 2 aromatic rings. The lowest BCUT2D eigenvalue weighted by atomic mass is 10.1. The number of amides is 1. The molecule has 1 amide bonds. The van der Waals surface area contributed by atoms with Crippen LogP contribution in [0.3, 0.4) is 0 Å². The quantitative estimate of drug-likeness (QED) is 0.694. The summed E-state index contributed by atoms with van der Waals surface area (Å²) in [5, 5.41) is 2.68. The summed E-state index contributed by atoms with van der Waals surface area (Å²) in [6.07, 6.45) is 2.13. The molecule has 30 heavy (non-hydrogen) atoms. The summed E-state index contributed by atoms with van der Waals surface area (Å²) in [5.74, 6) is -0.541. The molecule has 1 atom stereocenters. The highest BCUT2D eigenvalue weighted by molar-refractivity contribution is 7.92. The van der Waals surface area contributed by atoms with Crippen molar-refractivity contribution in [2.75, 3.05) is 33.5 Å². The van der Waals surface area contributed by atoms with E-state index < -0.39 is 32.0 Å². The Hall–Kier alpha value is -2.59. The maximum atomic E-state index is 12.9. The molecule has 2 rings (SSSR count). The fourth-order valence-corrected chi connectivity index (χ4v) is 4.68. The van der Waals surface area contributed by atoms with Crippen molar-refractivity contribution in [3.05, 3.63) is 53.6 Å². The van der Waals surface area contributed by atoms with Gasteiger partial charge in [-0.05, 0) is 56.2 Å². The van der Waals surface area contributed by atoms with Gasteiger partial charge in [0.05, 0.1) is 23.9 Å². The van der Waals surface area contributed by atoms with Crippen molar-refractivity contribution in [1.82, 2.24) is 0 Å². The van der Waals surface area contributed by atoms with Crippen LogP contribution in [0.1, 0.15) is 18.1 Å². The van der Waals surface area contributed by atoms with Gasteiger partial charge in [-0.25, -0.2) is 16.8 Å². The van der Waals surface area contributed by atoms with Gasteiger partial charge in [-0.15, -0.1) is 0 Å². The van der Waals surface area contributed by atoms with Crippen LogP contribution >= 0.6 is 0 Å². The molecule has 0 aliphatic heterocycles. The van der Waals surface area contributed by atoms with Crippen LogP contribution in [0.25, 0.3) is 0 Å². The van der Waals surface area contributed by atoms with E-state index in [0.29, 0.717) is 17.1 Å². The van der Waals surface area contributed by atoms with Gasteiger partial charge < -0.3 is 5.32 Å². The molecule has 0 radical (unpaired) electrons. The normalized spacial score (nSPS) is 12.9. The molecule has 0 bridgehead atoms. The molecule has 8 nitrogen and oxygen atoms in total. The lowest BCUT2D eigenvalue weighted by Gasteiger charge is -2.30. The van der Waals surface area contributed by atoms with E-state index in [0.717, 1.165) is 32.2 Å². The van der Waals surface area contributed by atoms with Gasteiger partial charge in [-0.3, -0.25) is 13.4 Å². The van der Waals surface area contributed by atoms with Crippen molar-refractivity contribution in [3.8, 4) is 0 Å². The second kappa shape index (κ2) is 8.65. The van der Waals surface area contributed by atoms with Gasteiger partial charge >= 0.3 is 0 Å². The molecule has 0 heterocycles. The van der Waals surface area contributed by atoms with Crippen LogP contribution < -0.4 is 13.9 Å². The maximum absolute atomic E-state index is 12.9. The highest BCUT2D eigenvalue weighted by Gasteiger charge is 2.30. The number of sulfonamides is 2. The maximum Gasteiger partial charge on any atom is 0.247 e. The molecule has 0 spiro atoms. The van der Waals surface area contributed by atoms with E-state index in [1.165, 1.54) is 20.0 Å².